The second kappa shape index (κ2) is 6.19. The van der Waals surface area contributed by atoms with Crippen LogP contribution in [0, 0.1) is 0 Å². The summed E-state index contributed by atoms with van der Waals surface area (Å²) in [7, 11) is 0. The van der Waals surface area contributed by atoms with Crippen LogP contribution in [0.15, 0.2) is 0 Å². The first-order chi connectivity index (χ1) is 12.0. The molecule has 0 spiro atoms. The monoisotopic (exact) mass is 350 g/mol. The molecule has 4 saturated heterocycles. The highest BCUT2D eigenvalue weighted by Gasteiger charge is 2.72. The lowest BCUT2D eigenvalue weighted by atomic mass is 10.0. The van der Waals surface area contributed by atoms with Gasteiger partial charge in [-0.25, -0.2) is 4.79 Å². The van der Waals surface area contributed by atoms with Crippen molar-refractivity contribution in [2.45, 2.75) is 89.4 Å². The molecule has 4 heterocycles. The van der Waals surface area contributed by atoms with Crippen LogP contribution in [0.25, 0.3) is 0 Å². The first-order valence-corrected chi connectivity index (χ1v) is 10.3. The molecule has 4 fully saturated rings. The molecule has 8 unspecified atom stereocenters. The average molecular weight is 351 g/mol. The predicted octanol–water partition coefficient (Wildman–Crippen LogP) is 1.47. The Morgan fingerprint density at radius 3 is 1.48 bits per heavy atom. The quantitative estimate of drug-likeness (QED) is 0.602. The van der Waals surface area contributed by atoms with Crippen molar-refractivity contribution in [1.29, 1.82) is 0 Å². The molecule has 6 nitrogen and oxygen atoms in total. The smallest absolute Gasteiger partial charge is 0.342 e. The Hall–Kier alpha value is -0.690. The summed E-state index contributed by atoms with van der Waals surface area (Å²) in [6.07, 6.45) is 4.32. The topological polar surface area (TPSA) is 49.3 Å². The van der Waals surface area contributed by atoms with Gasteiger partial charge < -0.3 is 5.11 Å². The minimum absolute atomic E-state index is 0.00741. The molecule has 4 aliphatic rings. The number of carboxylic acid groups (broad SMARTS) is 1. The van der Waals surface area contributed by atoms with Gasteiger partial charge in [0.2, 0.25) is 5.66 Å². The van der Waals surface area contributed by atoms with Crippen molar-refractivity contribution in [2.24, 2.45) is 0 Å². The Balaban J connectivity index is 1.71. The normalized spacial score (nSPS) is 47.7. The van der Waals surface area contributed by atoms with Gasteiger partial charge in [-0.3, -0.25) is 19.6 Å². The highest BCUT2D eigenvalue weighted by Crippen LogP contribution is 2.50. The third kappa shape index (κ3) is 2.64. The van der Waals surface area contributed by atoms with Crippen molar-refractivity contribution in [3.05, 3.63) is 0 Å². The lowest BCUT2D eigenvalue weighted by molar-refractivity contribution is -0.165. The van der Waals surface area contributed by atoms with Crippen LogP contribution >= 0.6 is 0 Å². The summed E-state index contributed by atoms with van der Waals surface area (Å²) < 4.78 is 0. The summed E-state index contributed by atoms with van der Waals surface area (Å²) in [6.45, 7) is 12.8. The zero-order chi connectivity index (χ0) is 17.9. The third-order valence-corrected chi connectivity index (χ3v) is 7.01. The Labute approximate surface area is 151 Å². The molecule has 0 radical (unpaired) electrons. The second-order valence-electron chi connectivity index (χ2n) is 8.35. The van der Waals surface area contributed by atoms with E-state index >= 15 is 0 Å². The number of carboxylic acids is 1. The number of rotatable bonds is 10. The van der Waals surface area contributed by atoms with E-state index in [-0.39, 0.29) is 6.17 Å². The van der Waals surface area contributed by atoms with E-state index in [1.807, 2.05) is 0 Å². The fourth-order valence-corrected chi connectivity index (χ4v) is 5.08. The van der Waals surface area contributed by atoms with E-state index in [0.717, 1.165) is 51.9 Å². The van der Waals surface area contributed by atoms with Gasteiger partial charge >= 0.3 is 5.97 Å². The van der Waals surface area contributed by atoms with Gasteiger partial charge in [0.1, 0.15) is 6.17 Å². The van der Waals surface area contributed by atoms with E-state index in [1.165, 1.54) is 0 Å². The van der Waals surface area contributed by atoms with Crippen molar-refractivity contribution in [1.82, 2.24) is 19.6 Å². The van der Waals surface area contributed by atoms with Crippen LogP contribution in [-0.4, -0.2) is 92.9 Å². The molecular formula is C19H34N4O2. The molecule has 1 N–H and O–H groups in total. The lowest BCUT2D eigenvalue weighted by Crippen LogP contribution is -2.67. The minimum atomic E-state index is -0.852. The summed E-state index contributed by atoms with van der Waals surface area (Å²) >= 11 is 0. The van der Waals surface area contributed by atoms with Crippen molar-refractivity contribution in [2.75, 3.05) is 26.2 Å². The number of nitrogens with zero attached hydrogens (tertiary/aromatic N) is 4. The number of hydrogen-bond donors (Lipinski definition) is 1. The van der Waals surface area contributed by atoms with Crippen molar-refractivity contribution < 1.29 is 9.90 Å². The molecule has 0 aromatic rings. The van der Waals surface area contributed by atoms with Crippen molar-refractivity contribution in [3.8, 4) is 0 Å². The lowest BCUT2D eigenvalue weighted by Gasteiger charge is -2.43. The standard InChI is InChI=1S/C19H34N4O2/c1-5-13-9-20(13)17(21-10-14(21)6-2)19(18(24)25,22-11-15(22)7-3)23-12-16(23)8-4/h13-17H,5-12H2,1-4H3,(H,24,25). The van der Waals surface area contributed by atoms with E-state index in [4.69, 9.17) is 0 Å². The van der Waals surface area contributed by atoms with Gasteiger partial charge in [0, 0.05) is 50.3 Å². The number of hydrogen-bond acceptors (Lipinski definition) is 5. The van der Waals surface area contributed by atoms with Crippen LogP contribution in [0.5, 0.6) is 0 Å². The maximum absolute atomic E-state index is 12.9. The molecule has 0 aromatic carbocycles. The fourth-order valence-electron chi connectivity index (χ4n) is 5.08. The first-order valence-electron chi connectivity index (χ1n) is 10.3. The zero-order valence-electron chi connectivity index (χ0n) is 16.2. The summed E-state index contributed by atoms with van der Waals surface area (Å²) in [5, 5.41) is 10.6. The Kier molecular flexibility index (Phi) is 4.38. The maximum Gasteiger partial charge on any atom is 0.342 e. The fraction of sp³-hybridized carbons (Fsp3) is 0.947. The van der Waals surface area contributed by atoms with Gasteiger partial charge in [0.25, 0.3) is 0 Å². The Morgan fingerprint density at radius 1 is 0.840 bits per heavy atom. The molecule has 8 atom stereocenters. The SMILES string of the molecule is CCC1CN1C(N1CC1CC)C(C(=O)O)(N1CC1CC)N1CC1CC. The van der Waals surface area contributed by atoms with Crippen LogP contribution in [0.2, 0.25) is 0 Å². The van der Waals surface area contributed by atoms with Crippen LogP contribution in [-0.2, 0) is 4.79 Å². The number of carbonyl (C=O) groups is 1. The Morgan fingerprint density at radius 2 is 1.24 bits per heavy atom. The van der Waals surface area contributed by atoms with Crippen molar-refractivity contribution in [3.63, 3.8) is 0 Å². The van der Waals surface area contributed by atoms with E-state index in [9.17, 15) is 9.90 Å². The van der Waals surface area contributed by atoms with Gasteiger partial charge in [-0.15, -0.1) is 0 Å². The maximum atomic E-state index is 12.9. The molecule has 0 saturated carbocycles. The third-order valence-electron chi connectivity index (χ3n) is 7.01. The van der Waals surface area contributed by atoms with Crippen LogP contribution < -0.4 is 0 Å². The molecule has 6 heteroatoms. The Bertz CT molecular complexity index is 506. The summed E-state index contributed by atoms with van der Waals surface area (Å²) in [5.74, 6) is -0.632. The summed E-state index contributed by atoms with van der Waals surface area (Å²) in [6, 6.07) is 1.97. The summed E-state index contributed by atoms with van der Waals surface area (Å²) in [4.78, 5) is 22.4. The highest BCUT2D eigenvalue weighted by molar-refractivity contribution is 5.81. The van der Waals surface area contributed by atoms with E-state index in [2.05, 4.69) is 47.3 Å². The number of aliphatic carboxylic acids is 1. The molecule has 0 bridgehead atoms. The summed E-state index contributed by atoms with van der Waals surface area (Å²) in [5.41, 5.74) is -0.852. The van der Waals surface area contributed by atoms with Crippen LogP contribution in [0.3, 0.4) is 0 Å². The van der Waals surface area contributed by atoms with Crippen LogP contribution in [0.1, 0.15) is 53.4 Å². The molecule has 25 heavy (non-hydrogen) atoms. The highest BCUT2D eigenvalue weighted by atomic mass is 16.4. The van der Waals surface area contributed by atoms with Gasteiger partial charge in [-0.1, -0.05) is 27.7 Å². The second-order valence-corrected chi connectivity index (χ2v) is 8.35. The molecule has 0 amide bonds. The molecule has 0 aromatic heterocycles. The predicted molar refractivity (Wildman–Crippen MR) is 97.3 cm³/mol. The van der Waals surface area contributed by atoms with Gasteiger partial charge in [0.05, 0.1) is 0 Å². The minimum Gasteiger partial charge on any atom is -0.479 e. The van der Waals surface area contributed by atoms with E-state index < -0.39 is 11.6 Å². The van der Waals surface area contributed by atoms with E-state index in [0.29, 0.717) is 24.2 Å². The van der Waals surface area contributed by atoms with Gasteiger partial charge in [0.15, 0.2) is 0 Å². The molecule has 4 rings (SSSR count). The van der Waals surface area contributed by atoms with Crippen molar-refractivity contribution >= 4 is 5.97 Å². The molecular weight excluding hydrogens is 316 g/mol. The molecule has 4 aliphatic heterocycles. The molecule has 142 valence electrons. The average Bonchev–Trinajstić information content (AvgIpc) is 3.42. The van der Waals surface area contributed by atoms with Crippen LogP contribution in [0.4, 0.5) is 0 Å². The molecule has 0 aliphatic carbocycles. The van der Waals surface area contributed by atoms with Gasteiger partial charge in [-0.05, 0) is 25.7 Å². The largest absolute Gasteiger partial charge is 0.479 e. The zero-order valence-corrected chi connectivity index (χ0v) is 16.2. The first kappa shape index (κ1) is 17.7. The van der Waals surface area contributed by atoms with Gasteiger partial charge in [-0.2, -0.15) is 0 Å². The van der Waals surface area contributed by atoms with E-state index in [1.54, 1.807) is 0 Å².